The van der Waals surface area contributed by atoms with Crippen LogP contribution >= 0.6 is 11.6 Å². The second-order valence-corrected chi connectivity index (χ2v) is 5.42. The second kappa shape index (κ2) is 7.10. The molecular weight excluding hydrogens is 328 g/mol. The minimum absolute atomic E-state index is 0.327. The first-order valence-corrected chi connectivity index (χ1v) is 7.52. The number of nitrogens with zero attached hydrogens (tertiary/aromatic N) is 2. The number of hydrogen-bond donors (Lipinski definition) is 1. The molecule has 0 unspecified atom stereocenters. The van der Waals surface area contributed by atoms with Gasteiger partial charge in [0.25, 0.3) is 0 Å². The summed E-state index contributed by atoms with van der Waals surface area (Å²) in [5, 5.41) is 9.96. The number of halogens is 1. The zero-order valence-electron chi connectivity index (χ0n) is 12.5. The Morgan fingerprint density at radius 3 is 2.92 bits per heavy atom. The number of ether oxygens (including phenoxy) is 1. The molecule has 1 heterocycles. The van der Waals surface area contributed by atoms with E-state index in [9.17, 15) is 4.79 Å². The van der Waals surface area contributed by atoms with Crippen LogP contribution in [0.1, 0.15) is 5.56 Å². The van der Waals surface area contributed by atoms with E-state index in [0.29, 0.717) is 10.8 Å². The van der Waals surface area contributed by atoms with Crippen LogP contribution in [-0.4, -0.2) is 28.9 Å². The van der Waals surface area contributed by atoms with Crippen molar-refractivity contribution in [3.63, 3.8) is 0 Å². The smallest absolute Gasteiger partial charge is 0.341 e. The van der Waals surface area contributed by atoms with Gasteiger partial charge in [0.2, 0.25) is 0 Å². The van der Waals surface area contributed by atoms with Crippen LogP contribution in [0, 0.1) is 0 Å². The summed E-state index contributed by atoms with van der Waals surface area (Å²) in [5.74, 6) is -0.726. The molecule has 1 N–H and O–H groups in total. The zero-order valence-corrected chi connectivity index (χ0v) is 13.3. The van der Waals surface area contributed by atoms with Crippen LogP contribution in [0.3, 0.4) is 0 Å². The van der Waals surface area contributed by atoms with Crippen molar-refractivity contribution < 1.29 is 14.6 Å². The Labute approximate surface area is 143 Å². The predicted molar refractivity (Wildman–Crippen MR) is 93.6 cm³/mol. The van der Waals surface area contributed by atoms with E-state index < -0.39 is 12.6 Å². The van der Waals surface area contributed by atoms with Gasteiger partial charge in [-0.1, -0.05) is 17.7 Å². The van der Waals surface area contributed by atoms with Crippen molar-refractivity contribution in [1.82, 2.24) is 4.98 Å². The maximum Gasteiger partial charge on any atom is 0.341 e. The lowest BCUT2D eigenvalue weighted by Crippen LogP contribution is -2.09. The summed E-state index contributed by atoms with van der Waals surface area (Å²) in [7, 11) is 0. The Hall–Kier alpha value is -2.92. The summed E-state index contributed by atoms with van der Waals surface area (Å²) < 4.78 is 5.08. The highest BCUT2D eigenvalue weighted by Crippen LogP contribution is 2.25. The fourth-order valence-electron chi connectivity index (χ4n) is 2.15. The van der Waals surface area contributed by atoms with E-state index in [-0.39, 0.29) is 0 Å². The minimum Gasteiger partial charge on any atom is -0.480 e. The van der Waals surface area contributed by atoms with Crippen molar-refractivity contribution in [2.75, 3.05) is 6.61 Å². The SMILES string of the molecule is O=C(O)COc1ccc(C=Nc2ccc3ncccc3c2)cc1Cl. The van der Waals surface area contributed by atoms with Crippen LogP contribution in [0.15, 0.2) is 59.7 Å². The Morgan fingerprint density at radius 2 is 2.12 bits per heavy atom. The number of aliphatic carboxylic acids is 1. The molecule has 1 aromatic heterocycles. The van der Waals surface area contributed by atoms with Gasteiger partial charge in [-0.3, -0.25) is 9.98 Å². The molecule has 6 heteroatoms. The Morgan fingerprint density at radius 1 is 1.25 bits per heavy atom. The molecule has 0 saturated carbocycles. The number of benzene rings is 2. The lowest BCUT2D eigenvalue weighted by Gasteiger charge is -2.05. The maximum absolute atomic E-state index is 10.5. The van der Waals surface area contributed by atoms with Crippen molar-refractivity contribution >= 4 is 40.4 Å². The van der Waals surface area contributed by atoms with Gasteiger partial charge in [0.05, 0.1) is 16.2 Å². The van der Waals surface area contributed by atoms with Crippen LogP contribution in [0.5, 0.6) is 5.75 Å². The monoisotopic (exact) mass is 340 g/mol. The highest BCUT2D eigenvalue weighted by atomic mass is 35.5. The Balaban J connectivity index is 1.77. The molecular formula is C18H13ClN2O3. The summed E-state index contributed by atoms with van der Waals surface area (Å²) in [5.41, 5.74) is 2.51. The third kappa shape index (κ3) is 3.88. The maximum atomic E-state index is 10.5. The van der Waals surface area contributed by atoms with E-state index in [2.05, 4.69) is 9.98 Å². The summed E-state index contributed by atoms with van der Waals surface area (Å²) in [6, 6.07) is 14.7. The molecule has 0 aliphatic heterocycles. The molecule has 0 atom stereocenters. The molecule has 0 saturated heterocycles. The molecule has 2 aromatic carbocycles. The van der Waals surface area contributed by atoms with Crippen LogP contribution in [0.2, 0.25) is 5.02 Å². The van der Waals surface area contributed by atoms with E-state index in [1.54, 1.807) is 30.6 Å². The summed E-state index contributed by atoms with van der Waals surface area (Å²) in [4.78, 5) is 19.2. The predicted octanol–water partition coefficient (Wildman–Crippen LogP) is 4.10. The van der Waals surface area contributed by atoms with Crippen LogP contribution in [-0.2, 0) is 4.79 Å². The number of pyridine rings is 1. The van der Waals surface area contributed by atoms with Crippen molar-refractivity contribution in [2.24, 2.45) is 4.99 Å². The van der Waals surface area contributed by atoms with Gasteiger partial charge in [0, 0.05) is 17.8 Å². The lowest BCUT2D eigenvalue weighted by atomic mass is 10.2. The average molecular weight is 341 g/mol. The average Bonchev–Trinajstić information content (AvgIpc) is 2.59. The number of hydrogen-bond acceptors (Lipinski definition) is 4. The lowest BCUT2D eigenvalue weighted by molar-refractivity contribution is -0.139. The number of rotatable bonds is 5. The van der Waals surface area contributed by atoms with E-state index in [1.165, 1.54) is 0 Å². The molecule has 0 aliphatic rings. The van der Waals surface area contributed by atoms with E-state index >= 15 is 0 Å². The number of carbonyl (C=O) groups is 1. The van der Waals surface area contributed by atoms with Crippen molar-refractivity contribution in [3.8, 4) is 5.75 Å². The number of carboxylic acids is 1. The fourth-order valence-corrected chi connectivity index (χ4v) is 2.39. The number of carboxylic acid groups (broad SMARTS) is 1. The Kier molecular flexibility index (Phi) is 4.72. The standard InChI is InChI=1S/C18H13ClN2O3/c19-15-8-12(3-6-17(15)24-11-18(22)23)10-21-14-4-5-16-13(9-14)2-1-7-20-16/h1-10H,11H2,(H,22,23). The molecule has 0 fully saturated rings. The number of aliphatic imine (C=N–C) groups is 1. The minimum atomic E-state index is -1.05. The van der Waals surface area contributed by atoms with Crippen molar-refractivity contribution in [2.45, 2.75) is 0 Å². The van der Waals surface area contributed by atoms with Crippen LogP contribution in [0.4, 0.5) is 5.69 Å². The zero-order chi connectivity index (χ0) is 16.9. The molecule has 3 aromatic rings. The van der Waals surface area contributed by atoms with Crippen molar-refractivity contribution in [3.05, 3.63) is 65.3 Å². The first-order chi connectivity index (χ1) is 11.6. The second-order valence-electron chi connectivity index (χ2n) is 5.01. The van der Waals surface area contributed by atoms with Gasteiger partial charge in [-0.25, -0.2) is 4.79 Å². The quantitative estimate of drug-likeness (QED) is 0.710. The highest BCUT2D eigenvalue weighted by molar-refractivity contribution is 6.32. The van der Waals surface area contributed by atoms with Crippen LogP contribution < -0.4 is 4.74 Å². The van der Waals surface area contributed by atoms with E-state index in [4.69, 9.17) is 21.4 Å². The summed E-state index contributed by atoms with van der Waals surface area (Å²) >= 11 is 6.08. The van der Waals surface area contributed by atoms with Crippen LogP contribution in [0.25, 0.3) is 10.9 Å². The van der Waals surface area contributed by atoms with Gasteiger partial charge in [0.1, 0.15) is 5.75 Å². The van der Waals surface area contributed by atoms with Gasteiger partial charge in [-0.2, -0.15) is 0 Å². The largest absolute Gasteiger partial charge is 0.480 e. The molecule has 0 amide bonds. The van der Waals surface area contributed by atoms with Gasteiger partial charge < -0.3 is 9.84 Å². The molecule has 24 heavy (non-hydrogen) atoms. The third-order valence-electron chi connectivity index (χ3n) is 3.26. The van der Waals surface area contributed by atoms with Gasteiger partial charge in [0.15, 0.2) is 6.61 Å². The fraction of sp³-hybridized carbons (Fsp3) is 0.0556. The molecule has 0 aliphatic carbocycles. The highest BCUT2D eigenvalue weighted by Gasteiger charge is 2.05. The molecule has 0 spiro atoms. The topological polar surface area (TPSA) is 71.8 Å². The van der Waals surface area contributed by atoms with Gasteiger partial charge in [-0.15, -0.1) is 0 Å². The molecule has 0 bridgehead atoms. The molecule has 3 rings (SSSR count). The summed E-state index contributed by atoms with van der Waals surface area (Å²) in [6.07, 6.45) is 3.44. The molecule has 0 radical (unpaired) electrons. The summed E-state index contributed by atoms with van der Waals surface area (Å²) in [6.45, 7) is -0.432. The van der Waals surface area contributed by atoms with Crippen molar-refractivity contribution in [1.29, 1.82) is 0 Å². The molecule has 5 nitrogen and oxygen atoms in total. The first-order valence-electron chi connectivity index (χ1n) is 7.15. The third-order valence-corrected chi connectivity index (χ3v) is 3.55. The first kappa shape index (κ1) is 16.0. The Bertz CT molecular complexity index is 925. The van der Waals surface area contributed by atoms with E-state index in [1.807, 2.05) is 30.3 Å². The molecule has 120 valence electrons. The van der Waals surface area contributed by atoms with Gasteiger partial charge in [-0.05, 0) is 48.0 Å². The number of aromatic nitrogens is 1. The number of fused-ring (bicyclic) bond motifs is 1. The van der Waals surface area contributed by atoms with E-state index in [0.717, 1.165) is 22.2 Å². The van der Waals surface area contributed by atoms with Gasteiger partial charge >= 0.3 is 5.97 Å². The normalized spacial score (nSPS) is 11.0.